The van der Waals surface area contributed by atoms with Gasteiger partial charge in [0.25, 0.3) is 0 Å². The first-order valence-corrected chi connectivity index (χ1v) is 6.30. The highest BCUT2D eigenvalue weighted by molar-refractivity contribution is 7.99. The Kier molecular flexibility index (Phi) is 4.28. The van der Waals surface area contributed by atoms with E-state index in [1.54, 1.807) is 14.2 Å². The third kappa shape index (κ3) is 2.86. The lowest BCUT2D eigenvalue weighted by molar-refractivity contribution is 0.398. The average Bonchev–Trinajstić information content (AvgIpc) is 2.39. The lowest BCUT2D eigenvalue weighted by atomic mass is 10.3. The number of methoxy groups -OCH3 is 2. The average molecular weight is 283 g/mol. The highest BCUT2D eigenvalue weighted by Crippen LogP contribution is 2.37. The van der Waals surface area contributed by atoms with Gasteiger partial charge in [0.15, 0.2) is 10.9 Å². The van der Waals surface area contributed by atoms with Crippen LogP contribution >= 0.6 is 23.4 Å². The Morgan fingerprint density at radius 2 is 2.00 bits per heavy atom. The normalized spacial score (nSPS) is 10.2. The summed E-state index contributed by atoms with van der Waals surface area (Å²) in [6, 6.07) is 7.67. The van der Waals surface area contributed by atoms with Crippen molar-refractivity contribution < 1.29 is 9.47 Å². The van der Waals surface area contributed by atoms with Crippen LogP contribution in [-0.4, -0.2) is 24.2 Å². The molecule has 1 aromatic carbocycles. The molecule has 0 fully saturated rings. The third-order valence-corrected chi connectivity index (χ3v) is 3.43. The van der Waals surface area contributed by atoms with Crippen molar-refractivity contribution in [2.75, 3.05) is 14.2 Å². The van der Waals surface area contributed by atoms with E-state index >= 15 is 0 Å². The molecule has 0 aliphatic rings. The minimum atomic E-state index is 0.304. The van der Waals surface area contributed by atoms with Crippen molar-refractivity contribution in [3.8, 4) is 11.5 Å². The van der Waals surface area contributed by atoms with Gasteiger partial charge in [-0.25, -0.2) is 9.97 Å². The number of aromatic nitrogens is 2. The minimum Gasteiger partial charge on any atom is -0.497 e. The van der Waals surface area contributed by atoms with Gasteiger partial charge in [-0.05, 0) is 18.2 Å². The Balaban J connectivity index is 2.30. The second-order valence-electron chi connectivity index (χ2n) is 3.28. The van der Waals surface area contributed by atoms with E-state index < -0.39 is 0 Å². The third-order valence-electron chi connectivity index (χ3n) is 2.19. The fourth-order valence-electron chi connectivity index (χ4n) is 1.36. The van der Waals surface area contributed by atoms with Gasteiger partial charge in [0.1, 0.15) is 17.1 Å². The molecule has 2 aromatic rings. The predicted molar refractivity (Wildman–Crippen MR) is 70.7 cm³/mol. The van der Waals surface area contributed by atoms with Gasteiger partial charge in [-0.15, -0.1) is 0 Å². The highest BCUT2D eigenvalue weighted by atomic mass is 35.5. The monoisotopic (exact) mass is 282 g/mol. The maximum absolute atomic E-state index is 5.94. The molecule has 18 heavy (non-hydrogen) atoms. The molecule has 4 nitrogen and oxygen atoms in total. The van der Waals surface area contributed by atoms with Crippen LogP contribution in [0.25, 0.3) is 0 Å². The Bertz CT molecular complexity index is 551. The first-order chi connectivity index (χ1) is 8.74. The van der Waals surface area contributed by atoms with Gasteiger partial charge in [0.2, 0.25) is 0 Å². The standard InChI is InChI=1S/C12H11ClN2O2S/c1-16-8-4-3-5-9(6-8)18-12-10(17-2)11(13)14-7-15-12/h3-7H,1-2H3. The predicted octanol–water partition coefficient (Wildman–Crippen LogP) is 3.30. The van der Waals surface area contributed by atoms with Crippen LogP contribution in [0.5, 0.6) is 11.5 Å². The highest BCUT2D eigenvalue weighted by Gasteiger charge is 2.11. The van der Waals surface area contributed by atoms with Gasteiger partial charge in [-0.2, -0.15) is 0 Å². The number of halogens is 1. The SMILES string of the molecule is COc1cccc(Sc2ncnc(Cl)c2OC)c1. The molecule has 0 unspecified atom stereocenters. The van der Waals surface area contributed by atoms with E-state index in [4.69, 9.17) is 21.1 Å². The summed E-state index contributed by atoms with van der Waals surface area (Å²) in [5.41, 5.74) is 0. The van der Waals surface area contributed by atoms with Crippen molar-refractivity contribution in [2.24, 2.45) is 0 Å². The smallest absolute Gasteiger partial charge is 0.188 e. The molecule has 1 aromatic heterocycles. The van der Waals surface area contributed by atoms with Crippen molar-refractivity contribution in [1.29, 1.82) is 0 Å². The summed E-state index contributed by atoms with van der Waals surface area (Å²) in [7, 11) is 3.17. The van der Waals surface area contributed by atoms with E-state index in [1.165, 1.54) is 18.1 Å². The molecule has 0 amide bonds. The van der Waals surface area contributed by atoms with Crippen molar-refractivity contribution >= 4 is 23.4 Å². The van der Waals surface area contributed by atoms with Crippen LogP contribution in [0.3, 0.4) is 0 Å². The van der Waals surface area contributed by atoms with Crippen LogP contribution < -0.4 is 9.47 Å². The molecule has 94 valence electrons. The van der Waals surface area contributed by atoms with Gasteiger partial charge in [-0.3, -0.25) is 0 Å². The van der Waals surface area contributed by atoms with E-state index in [9.17, 15) is 0 Å². The van der Waals surface area contributed by atoms with Gasteiger partial charge >= 0.3 is 0 Å². The van der Waals surface area contributed by atoms with E-state index in [1.807, 2.05) is 24.3 Å². The maximum atomic E-state index is 5.94. The lowest BCUT2D eigenvalue weighted by Gasteiger charge is -2.08. The van der Waals surface area contributed by atoms with Crippen LogP contribution in [0.1, 0.15) is 0 Å². The summed E-state index contributed by atoms with van der Waals surface area (Å²) in [6.07, 6.45) is 1.41. The van der Waals surface area contributed by atoms with Crippen molar-refractivity contribution in [3.05, 3.63) is 35.7 Å². The van der Waals surface area contributed by atoms with E-state index in [0.29, 0.717) is 15.9 Å². The number of benzene rings is 1. The van der Waals surface area contributed by atoms with Crippen molar-refractivity contribution in [3.63, 3.8) is 0 Å². The summed E-state index contributed by atoms with van der Waals surface area (Å²) >= 11 is 7.38. The summed E-state index contributed by atoms with van der Waals surface area (Å²) < 4.78 is 10.4. The van der Waals surface area contributed by atoms with Crippen LogP contribution in [0.15, 0.2) is 40.5 Å². The largest absolute Gasteiger partial charge is 0.497 e. The Morgan fingerprint density at radius 1 is 1.17 bits per heavy atom. The summed E-state index contributed by atoms with van der Waals surface area (Å²) in [5, 5.41) is 0.976. The molecule has 0 saturated heterocycles. The summed E-state index contributed by atoms with van der Waals surface area (Å²) in [6.45, 7) is 0. The Labute approximate surface area is 114 Å². The van der Waals surface area contributed by atoms with Crippen molar-refractivity contribution in [2.45, 2.75) is 9.92 Å². The van der Waals surface area contributed by atoms with E-state index in [-0.39, 0.29) is 0 Å². The van der Waals surface area contributed by atoms with Crippen LogP contribution in [-0.2, 0) is 0 Å². The fourth-order valence-corrected chi connectivity index (χ4v) is 2.54. The topological polar surface area (TPSA) is 44.2 Å². The number of hydrogen-bond donors (Lipinski definition) is 0. The van der Waals surface area contributed by atoms with Crippen LogP contribution in [0.2, 0.25) is 5.15 Å². The fraction of sp³-hybridized carbons (Fsp3) is 0.167. The quantitative estimate of drug-likeness (QED) is 0.805. The second kappa shape index (κ2) is 5.93. The Hall–Kier alpha value is -1.46. The molecule has 0 radical (unpaired) electrons. The molecular formula is C12H11ClN2O2S. The number of ether oxygens (including phenoxy) is 2. The van der Waals surface area contributed by atoms with Crippen LogP contribution in [0, 0.1) is 0 Å². The molecule has 1 heterocycles. The summed E-state index contributed by atoms with van der Waals surface area (Å²) in [5.74, 6) is 1.27. The molecule has 2 rings (SSSR count). The molecule has 0 spiro atoms. The van der Waals surface area contributed by atoms with Gasteiger partial charge in [0, 0.05) is 4.90 Å². The number of rotatable bonds is 4. The maximum Gasteiger partial charge on any atom is 0.188 e. The second-order valence-corrected chi connectivity index (χ2v) is 4.70. The van der Waals surface area contributed by atoms with E-state index in [0.717, 1.165) is 10.6 Å². The molecule has 0 N–H and O–H groups in total. The van der Waals surface area contributed by atoms with Crippen LogP contribution in [0.4, 0.5) is 0 Å². The molecule has 0 aliphatic carbocycles. The zero-order valence-electron chi connectivity index (χ0n) is 9.88. The molecule has 0 bridgehead atoms. The zero-order chi connectivity index (χ0) is 13.0. The summed E-state index contributed by atoms with van der Waals surface area (Å²) in [4.78, 5) is 9.03. The van der Waals surface area contributed by atoms with Crippen molar-refractivity contribution in [1.82, 2.24) is 9.97 Å². The van der Waals surface area contributed by atoms with Gasteiger partial charge in [0.05, 0.1) is 14.2 Å². The molecular weight excluding hydrogens is 272 g/mol. The Morgan fingerprint density at radius 3 is 2.72 bits per heavy atom. The molecule has 6 heteroatoms. The first-order valence-electron chi connectivity index (χ1n) is 5.11. The minimum absolute atomic E-state index is 0.304. The lowest BCUT2D eigenvalue weighted by Crippen LogP contribution is -1.93. The van der Waals surface area contributed by atoms with Gasteiger partial charge < -0.3 is 9.47 Å². The number of nitrogens with zero attached hydrogens (tertiary/aromatic N) is 2. The van der Waals surface area contributed by atoms with Gasteiger partial charge in [-0.1, -0.05) is 29.4 Å². The first kappa shape index (κ1) is 13.0. The molecule has 0 atom stereocenters. The molecule has 0 aliphatic heterocycles. The zero-order valence-corrected chi connectivity index (χ0v) is 11.5. The number of hydrogen-bond acceptors (Lipinski definition) is 5. The molecule has 0 saturated carbocycles. The van der Waals surface area contributed by atoms with E-state index in [2.05, 4.69) is 9.97 Å².